The molecule has 4 nitrogen and oxygen atoms in total. The van der Waals surface area contributed by atoms with Gasteiger partial charge in [0.15, 0.2) is 0 Å². The van der Waals surface area contributed by atoms with Crippen LogP contribution in [0, 0.1) is 0 Å². The number of piperazine rings is 1. The van der Waals surface area contributed by atoms with Crippen LogP contribution in [0.1, 0.15) is 26.7 Å². The lowest BCUT2D eigenvalue weighted by atomic mass is 10.1. The van der Waals surface area contributed by atoms with Crippen LogP contribution in [0.5, 0.6) is 0 Å². The molecular weight excluding hydrogens is 260 g/mol. The molecule has 0 radical (unpaired) electrons. The minimum atomic E-state index is -3.35. The lowest BCUT2D eigenvalue weighted by Crippen LogP contribution is -2.57. The maximum absolute atomic E-state index is 12.6. The maximum Gasteiger partial charge on any atom is 0.243 e. The van der Waals surface area contributed by atoms with Crippen molar-refractivity contribution in [2.24, 2.45) is 0 Å². The Balaban J connectivity index is 2.24. The molecule has 2 rings (SSSR count). The van der Waals surface area contributed by atoms with E-state index in [2.05, 4.69) is 19.2 Å². The summed E-state index contributed by atoms with van der Waals surface area (Å²) in [7, 11) is -3.35. The van der Waals surface area contributed by atoms with Gasteiger partial charge in [0.25, 0.3) is 0 Å². The van der Waals surface area contributed by atoms with Crippen molar-refractivity contribution in [3.05, 3.63) is 30.3 Å². The molecule has 1 N–H and O–H groups in total. The lowest BCUT2D eigenvalue weighted by molar-refractivity contribution is 0.235. The summed E-state index contributed by atoms with van der Waals surface area (Å²) < 4.78 is 26.8. The summed E-state index contributed by atoms with van der Waals surface area (Å²) in [5.41, 5.74) is 0. The van der Waals surface area contributed by atoms with Gasteiger partial charge in [-0.2, -0.15) is 4.31 Å². The Morgan fingerprint density at radius 3 is 2.11 bits per heavy atom. The van der Waals surface area contributed by atoms with Crippen LogP contribution < -0.4 is 5.32 Å². The van der Waals surface area contributed by atoms with Gasteiger partial charge in [0.1, 0.15) is 0 Å². The fraction of sp³-hybridized carbons (Fsp3) is 0.571. The molecule has 0 bridgehead atoms. The Morgan fingerprint density at radius 2 is 1.63 bits per heavy atom. The highest BCUT2D eigenvalue weighted by Gasteiger charge is 2.32. The molecule has 106 valence electrons. The summed E-state index contributed by atoms with van der Waals surface area (Å²) in [6.45, 7) is 5.29. The van der Waals surface area contributed by atoms with Crippen molar-refractivity contribution in [3.63, 3.8) is 0 Å². The van der Waals surface area contributed by atoms with E-state index in [1.165, 1.54) is 0 Å². The van der Waals surface area contributed by atoms with Gasteiger partial charge in [-0.3, -0.25) is 0 Å². The van der Waals surface area contributed by atoms with E-state index in [1.807, 2.05) is 6.07 Å². The van der Waals surface area contributed by atoms with Gasteiger partial charge >= 0.3 is 0 Å². The second-order valence-corrected chi connectivity index (χ2v) is 6.95. The molecule has 0 saturated carbocycles. The normalized spacial score (nSPS) is 25.4. The van der Waals surface area contributed by atoms with Crippen molar-refractivity contribution in [1.29, 1.82) is 0 Å². The molecule has 0 aliphatic carbocycles. The summed E-state index contributed by atoms with van der Waals surface area (Å²) in [4.78, 5) is 0.390. The van der Waals surface area contributed by atoms with Crippen LogP contribution in [0.15, 0.2) is 35.2 Å². The second kappa shape index (κ2) is 6.03. The quantitative estimate of drug-likeness (QED) is 0.916. The van der Waals surface area contributed by atoms with E-state index < -0.39 is 10.0 Å². The summed E-state index contributed by atoms with van der Waals surface area (Å²) in [5, 5.41) is 3.50. The lowest BCUT2D eigenvalue weighted by Gasteiger charge is -2.37. The van der Waals surface area contributed by atoms with Crippen molar-refractivity contribution < 1.29 is 8.42 Å². The Hall–Kier alpha value is -0.910. The second-order valence-electron chi connectivity index (χ2n) is 5.01. The topological polar surface area (TPSA) is 49.4 Å². The Labute approximate surface area is 115 Å². The van der Waals surface area contributed by atoms with Crippen molar-refractivity contribution in [2.45, 2.75) is 43.7 Å². The third-order valence-electron chi connectivity index (χ3n) is 3.69. The molecule has 1 aliphatic rings. The molecule has 1 saturated heterocycles. The Morgan fingerprint density at radius 1 is 1.11 bits per heavy atom. The first kappa shape index (κ1) is 14.5. The van der Waals surface area contributed by atoms with Crippen molar-refractivity contribution in [3.8, 4) is 0 Å². The van der Waals surface area contributed by atoms with Crippen molar-refractivity contribution >= 4 is 10.0 Å². The third-order valence-corrected chi connectivity index (χ3v) is 5.53. The van der Waals surface area contributed by atoms with Crippen LogP contribution in [0.25, 0.3) is 0 Å². The summed E-state index contributed by atoms with van der Waals surface area (Å²) in [6.07, 6.45) is 1.88. The van der Waals surface area contributed by atoms with E-state index in [1.54, 1.807) is 28.6 Å². The number of hydrogen-bond donors (Lipinski definition) is 1. The van der Waals surface area contributed by atoms with Crippen LogP contribution >= 0.6 is 0 Å². The highest BCUT2D eigenvalue weighted by Crippen LogP contribution is 2.20. The highest BCUT2D eigenvalue weighted by atomic mass is 32.2. The largest absolute Gasteiger partial charge is 0.309 e. The number of sulfonamides is 1. The molecule has 1 heterocycles. The van der Waals surface area contributed by atoms with E-state index in [9.17, 15) is 8.42 Å². The number of nitrogens with one attached hydrogen (secondary N) is 1. The molecule has 1 aromatic rings. The van der Waals surface area contributed by atoms with Gasteiger partial charge in [-0.05, 0) is 25.0 Å². The van der Waals surface area contributed by atoms with Crippen LogP contribution in [-0.4, -0.2) is 37.9 Å². The number of rotatable bonds is 4. The first-order valence-corrected chi connectivity index (χ1v) is 8.33. The average Bonchev–Trinajstić information content (AvgIpc) is 2.47. The minimum Gasteiger partial charge on any atom is -0.309 e. The molecular formula is C14H22N2O2S. The minimum absolute atomic E-state index is 0.247. The van der Waals surface area contributed by atoms with Gasteiger partial charge in [-0.1, -0.05) is 32.0 Å². The van der Waals surface area contributed by atoms with Crippen LogP contribution in [0.3, 0.4) is 0 Å². The molecule has 0 aromatic heterocycles. The van der Waals surface area contributed by atoms with Gasteiger partial charge in [-0.25, -0.2) is 8.42 Å². The van der Waals surface area contributed by atoms with E-state index >= 15 is 0 Å². The number of benzene rings is 1. The SMILES string of the molecule is CCC1CN(S(=O)(=O)c2ccccc2)CC(CC)N1. The highest BCUT2D eigenvalue weighted by molar-refractivity contribution is 7.89. The smallest absolute Gasteiger partial charge is 0.243 e. The van der Waals surface area contributed by atoms with Gasteiger partial charge in [0.05, 0.1) is 4.90 Å². The molecule has 1 aromatic carbocycles. The van der Waals surface area contributed by atoms with Gasteiger partial charge in [0.2, 0.25) is 10.0 Å². The van der Waals surface area contributed by atoms with Gasteiger partial charge in [0, 0.05) is 25.2 Å². The number of nitrogens with zero attached hydrogens (tertiary/aromatic N) is 1. The van der Waals surface area contributed by atoms with Crippen LogP contribution in [0.2, 0.25) is 0 Å². The monoisotopic (exact) mass is 282 g/mol. The zero-order chi connectivity index (χ0) is 13.9. The average molecular weight is 282 g/mol. The first-order chi connectivity index (χ1) is 9.07. The fourth-order valence-electron chi connectivity index (χ4n) is 2.44. The molecule has 19 heavy (non-hydrogen) atoms. The molecule has 0 spiro atoms. The summed E-state index contributed by atoms with van der Waals surface area (Å²) in [5.74, 6) is 0. The molecule has 2 atom stereocenters. The third kappa shape index (κ3) is 3.16. The predicted octanol–water partition coefficient (Wildman–Crippen LogP) is 1.84. The standard InChI is InChI=1S/C14H22N2O2S/c1-3-12-10-16(11-13(4-2)15-12)19(17,18)14-8-6-5-7-9-14/h5-9,12-13,15H,3-4,10-11H2,1-2H3. The van der Waals surface area contributed by atoms with Crippen molar-refractivity contribution in [1.82, 2.24) is 9.62 Å². The van der Waals surface area contributed by atoms with E-state index in [0.717, 1.165) is 12.8 Å². The van der Waals surface area contributed by atoms with E-state index in [0.29, 0.717) is 18.0 Å². The molecule has 5 heteroatoms. The molecule has 0 amide bonds. The maximum atomic E-state index is 12.6. The van der Waals surface area contributed by atoms with Gasteiger partial charge < -0.3 is 5.32 Å². The molecule has 1 fully saturated rings. The van der Waals surface area contributed by atoms with Crippen LogP contribution in [0.4, 0.5) is 0 Å². The van der Waals surface area contributed by atoms with Crippen molar-refractivity contribution in [2.75, 3.05) is 13.1 Å². The zero-order valence-corrected chi connectivity index (χ0v) is 12.4. The first-order valence-electron chi connectivity index (χ1n) is 6.89. The molecule has 1 aliphatic heterocycles. The Bertz CT molecular complexity index is 489. The van der Waals surface area contributed by atoms with Crippen LogP contribution in [-0.2, 0) is 10.0 Å². The van der Waals surface area contributed by atoms with E-state index in [4.69, 9.17) is 0 Å². The Kier molecular flexibility index (Phi) is 4.60. The summed E-state index contributed by atoms with van der Waals surface area (Å²) in [6, 6.07) is 9.20. The number of hydrogen-bond acceptors (Lipinski definition) is 3. The predicted molar refractivity (Wildman–Crippen MR) is 76.5 cm³/mol. The van der Waals surface area contributed by atoms with Gasteiger partial charge in [-0.15, -0.1) is 0 Å². The molecule has 2 unspecified atom stereocenters. The zero-order valence-electron chi connectivity index (χ0n) is 11.5. The fourth-order valence-corrected chi connectivity index (χ4v) is 3.99. The summed E-state index contributed by atoms with van der Waals surface area (Å²) >= 11 is 0. The van der Waals surface area contributed by atoms with E-state index in [-0.39, 0.29) is 12.1 Å².